The molecular weight excluding hydrogens is 296 g/mol. The van der Waals surface area contributed by atoms with Crippen molar-refractivity contribution in [3.63, 3.8) is 0 Å². The van der Waals surface area contributed by atoms with Crippen LogP contribution in [0.3, 0.4) is 0 Å². The van der Waals surface area contributed by atoms with Crippen LogP contribution in [0.25, 0.3) is 0 Å². The lowest BCUT2D eigenvalue weighted by atomic mass is 10.1. The van der Waals surface area contributed by atoms with Crippen molar-refractivity contribution in [2.75, 3.05) is 0 Å². The van der Waals surface area contributed by atoms with Crippen molar-refractivity contribution in [3.8, 4) is 0 Å². The summed E-state index contributed by atoms with van der Waals surface area (Å²) < 4.78 is 5.90. The van der Waals surface area contributed by atoms with Gasteiger partial charge in [0.05, 0.1) is 5.92 Å². The van der Waals surface area contributed by atoms with Gasteiger partial charge in [0, 0.05) is 6.42 Å². The maximum absolute atomic E-state index is 12.8. The summed E-state index contributed by atoms with van der Waals surface area (Å²) in [5.41, 5.74) is 5.02. The van der Waals surface area contributed by atoms with Gasteiger partial charge in [-0.2, -0.15) is 0 Å². The highest BCUT2D eigenvalue weighted by Crippen LogP contribution is 2.60. The predicted octanol–water partition coefficient (Wildman–Crippen LogP) is 5.52. The lowest BCUT2D eigenvalue weighted by Gasteiger charge is -2.14. The molecule has 0 amide bonds. The Balaban J connectivity index is 1.66. The highest BCUT2D eigenvalue weighted by Gasteiger charge is 2.61. The van der Waals surface area contributed by atoms with Crippen LogP contribution >= 0.6 is 0 Å². The molecule has 0 aliphatic heterocycles. The van der Waals surface area contributed by atoms with Crippen LogP contribution in [0.2, 0.25) is 0 Å². The number of hydrogen-bond donors (Lipinski definition) is 0. The molecule has 0 aromatic heterocycles. The Morgan fingerprint density at radius 1 is 1.33 bits per heavy atom. The van der Waals surface area contributed by atoms with E-state index in [1.807, 2.05) is 6.08 Å². The molecule has 2 heteroatoms. The van der Waals surface area contributed by atoms with Crippen molar-refractivity contribution in [2.45, 2.75) is 65.4 Å². The molecule has 24 heavy (non-hydrogen) atoms. The Morgan fingerprint density at radius 3 is 2.62 bits per heavy atom. The average Bonchev–Trinajstić information content (AvgIpc) is 2.87. The zero-order valence-electron chi connectivity index (χ0n) is 15.4. The van der Waals surface area contributed by atoms with Gasteiger partial charge in [-0.1, -0.05) is 38.2 Å². The van der Waals surface area contributed by atoms with Crippen molar-refractivity contribution in [2.24, 2.45) is 17.3 Å². The number of rotatable bonds is 5. The topological polar surface area (TPSA) is 26.3 Å². The van der Waals surface area contributed by atoms with Crippen molar-refractivity contribution in [3.05, 3.63) is 47.6 Å². The summed E-state index contributed by atoms with van der Waals surface area (Å²) in [6.07, 6.45) is 10.7. The molecule has 0 N–H and O–H groups in total. The molecule has 3 aliphatic carbocycles. The summed E-state index contributed by atoms with van der Waals surface area (Å²) in [6.45, 7) is 14.4. The van der Waals surface area contributed by atoms with Crippen LogP contribution < -0.4 is 0 Å². The summed E-state index contributed by atoms with van der Waals surface area (Å²) in [6, 6.07) is 0. The molecule has 1 unspecified atom stereocenters. The molecule has 0 saturated heterocycles. The lowest BCUT2D eigenvalue weighted by molar-refractivity contribution is -0.149. The van der Waals surface area contributed by atoms with Gasteiger partial charge in [-0.3, -0.25) is 4.79 Å². The third-order valence-corrected chi connectivity index (χ3v) is 6.25. The Hall–Kier alpha value is -1.57. The van der Waals surface area contributed by atoms with Crippen molar-refractivity contribution < 1.29 is 9.53 Å². The lowest BCUT2D eigenvalue weighted by Crippen LogP contribution is -2.20. The molecule has 2 saturated carbocycles. The summed E-state index contributed by atoms with van der Waals surface area (Å²) in [4.78, 5) is 12.8. The van der Waals surface area contributed by atoms with E-state index in [1.54, 1.807) is 5.57 Å². The fourth-order valence-electron chi connectivity index (χ4n) is 4.46. The molecular formula is C22H30O2. The van der Waals surface area contributed by atoms with Crippen LogP contribution in [0.4, 0.5) is 0 Å². The first-order valence-electron chi connectivity index (χ1n) is 9.25. The molecule has 0 aromatic carbocycles. The van der Waals surface area contributed by atoms with E-state index < -0.39 is 0 Å². The van der Waals surface area contributed by atoms with Crippen molar-refractivity contribution in [1.82, 2.24) is 0 Å². The molecule has 0 aromatic rings. The second-order valence-electron chi connectivity index (χ2n) is 8.24. The Labute approximate surface area is 146 Å². The van der Waals surface area contributed by atoms with Gasteiger partial charge >= 0.3 is 5.97 Å². The number of carbonyl (C=O) groups is 1. The van der Waals surface area contributed by atoms with E-state index in [2.05, 4.69) is 40.0 Å². The first kappa shape index (κ1) is 17.3. The van der Waals surface area contributed by atoms with Crippen LogP contribution in [-0.2, 0) is 9.53 Å². The van der Waals surface area contributed by atoms with Crippen molar-refractivity contribution in [1.29, 1.82) is 0 Å². The fraction of sp³-hybridized carbons (Fsp3) is 0.591. The minimum Gasteiger partial charge on any atom is -0.457 e. The van der Waals surface area contributed by atoms with E-state index in [1.165, 1.54) is 31.3 Å². The largest absolute Gasteiger partial charge is 0.457 e. The van der Waals surface area contributed by atoms with Crippen LogP contribution in [0.5, 0.6) is 0 Å². The van der Waals surface area contributed by atoms with E-state index in [4.69, 9.17) is 4.74 Å². The molecule has 2 nitrogen and oxygen atoms in total. The molecule has 130 valence electrons. The molecule has 3 atom stereocenters. The maximum Gasteiger partial charge on any atom is 0.310 e. The average molecular weight is 326 g/mol. The van der Waals surface area contributed by atoms with Gasteiger partial charge in [0.15, 0.2) is 0 Å². The SMILES string of the molecule is C=CCC1=C(C)C(OC(=O)[C@@H]2[C@@H](C=C3CCCC3)C2(C)C)CC1=C. The fourth-order valence-corrected chi connectivity index (χ4v) is 4.46. The Kier molecular flexibility index (Phi) is 4.59. The third-order valence-electron chi connectivity index (χ3n) is 6.25. The van der Waals surface area contributed by atoms with Crippen LogP contribution in [-0.4, -0.2) is 12.1 Å². The molecule has 3 aliphatic rings. The number of ether oxygens (including phenoxy) is 1. The van der Waals surface area contributed by atoms with Gasteiger partial charge in [-0.15, -0.1) is 6.58 Å². The molecule has 0 bridgehead atoms. The Bertz CT molecular complexity index is 624. The number of carbonyl (C=O) groups excluding carboxylic acids is 1. The van der Waals surface area contributed by atoms with Crippen molar-refractivity contribution >= 4 is 5.97 Å². The predicted molar refractivity (Wildman–Crippen MR) is 98.5 cm³/mol. The smallest absolute Gasteiger partial charge is 0.310 e. The highest BCUT2D eigenvalue weighted by atomic mass is 16.5. The summed E-state index contributed by atoms with van der Waals surface area (Å²) >= 11 is 0. The minimum atomic E-state index is -0.129. The zero-order valence-corrected chi connectivity index (χ0v) is 15.4. The van der Waals surface area contributed by atoms with Gasteiger partial charge in [-0.05, 0) is 67.1 Å². The number of esters is 1. The molecule has 0 spiro atoms. The van der Waals surface area contributed by atoms with Gasteiger partial charge in [0.1, 0.15) is 6.10 Å². The second kappa shape index (κ2) is 6.38. The molecule has 0 heterocycles. The van der Waals surface area contributed by atoms with E-state index >= 15 is 0 Å². The maximum atomic E-state index is 12.8. The van der Waals surface area contributed by atoms with Gasteiger partial charge < -0.3 is 4.74 Å². The molecule has 0 radical (unpaired) electrons. The minimum absolute atomic E-state index is 0.00937. The third kappa shape index (κ3) is 3.03. The number of hydrogen-bond acceptors (Lipinski definition) is 2. The zero-order chi connectivity index (χ0) is 17.5. The highest BCUT2D eigenvalue weighted by molar-refractivity contribution is 5.79. The van der Waals surface area contributed by atoms with E-state index in [-0.39, 0.29) is 23.4 Å². The van der Waals surface area contributed by atoms with Gasteiger partial charge in [-0.25, -0.2) is 0 Å². The summed E-state index contributed by atoms with van der Waals surface area (Å²) in [7, 11) is 0. The number of allylic oxidation sites excluding steroid dienone is 4. The molecule has 2 fully saturated rings. The van der Waals surface area contributed by atoms with E-state index in [9.17, 15) is 4.79 Å². The first-order valence-corrected chi connectivity index (χ1v) is 9.25. The van der Waals surface area contributed by atoms with Crippen LogP contribution in [0.1, 0.15) is 59.3 Å². The quantitative estimate of drug-likeness (QED) is 0.491. The summed E-state index contributed by atoms with van der Waals surface area (Å²) in [5, 5.41) is 0. The van der Waals surface area contributed by atoms with Crippen LogP contribution in [0, 0.1) is 17.3 Å². The van der Waals surface area contributed by atoms with Gasteiger partial charge in [0.25, 0.3) is 0 Å². The van der Waals surface area contributed by atoms with Gasteiger partial charge in [0.2, 0.25) is 0 Å². The monoisotopic (exact) mass is 326 g/mol. The van der Waals surface area contributed by atoms with E-state index in [0.29, 0.717) is 5.92 Å². The standard InChI is InChI=1S/C22H30O2/c1-6-9-17-14(2)12-19(15(17)3)24-21(23)20-18(22(20,4)5)13-16-10-7-8-11-16/h6,13,18-20H,1-2,7-12H2,3-5H3/t18-,19?,20+/m1/s1. The normalized spacial score (nSPS) is 31.4. The molecule has 3 rings (SSSR count). The van der Waals surface area contributed by atoms with E-state index in [0.717, 1.165) is 24.0 Å². The Morgan fingerprint density at radius 2 is 2.00 bits per heavy atom. The summed E-state index contributed by atoms with van der Waals surface area (Å²) in [5.74, 6) is 0.326. The second-order valence-corrected chi connectivity index (χ2v) is 8.24. The van der Waals surface area contributed by atoms with Crippen LogP contribution in [0.15, 0.2) is 47.6 Å². The first-order chi connectivity index (χ1) is 11.4.